The largest absolute Gasteiger partial charge is 0.410 e. The van der Waals surface area contributed by atoms with Crippen molar-refractivity contribution >= 4 is 5.97 Å². The monoisotopic (exact) mass is 164 g/mol. The second-order valence-corrected chi connectivity index (χ2v) is 1.72. The number of hydrogen-bond donors (Lipinski definition) is 1. The number of methoxy groups -OCH3 is 2. The molecule has 0 amide bonds. The first-order chi connectivity index (χ1) is 5.24. The zero-order valence-corrected chi connectivity index (χ0v) is 6.57. The molecular formula is C6H12O5. The molecule has 0 aromatic rings. The summed E-state index contributed by atoms with van der Waals surface area (Å²) in [6.07, 6.45) is -0.0524. The van der Waals surface area contributed by atoms with Gasteiger partial charge in [-0.2, -0.15) is 0 Å². The van der Waals surface area contributed by atoms with Crippen LogP contribution >= 0.6 is 0 Å². The molecule has 0 aromatic carbocycles. The highest BCUT2D eigenvalue weighted by atomic mass is 16.8. The molecule has 1 N–H and O–H groups in total. The minimum absolute atomic E-state index is 0.0524. The van der Waals surface area contributed by atoms with Gasteiger partial charge in [-0.15, -0.1) is 0 Å². The van der Waals surface area contributed by atoms with Crippen LogP contribution in [-0.4, -0.2) is 38.4 Å². The van der Waals surface area contributed by atoms with E-state index in [4.69, 9.17) is 5.11 Å². The Hall–Kier alpha value is -0.650. The number of aliphatic hydroxyl groups excluding tert-OH is 1. The van der Waals surface area contributed by atoms with E-state index in [1.165, 1.54) is 14.2 Å². The minimum atomic E-state index is -0.978. The smallest absolute Gasteiger partial charge is 0.317 e. The van der Waals surface area contributed by atoms with Crippen molar-refractivity contribution in [3.63, 3.8) is 0 Å². The Morgan fingerprint density at radius 2 is 2.00 bits per heavy atom. The molecular weight excluding hydrogens is 152 g/mol. The quantitative estimate of drug-likeness (QED) is 0.438. The standard InChI is InChI=1S/C6H12O5/c1-9-6(10-2)11-5(8)3-4-7/h6-7H,3-4H2,1-2H3. The number of rotatable bonds is 5. The van der Waals surface area contributed by atoms with Gasteiger partial charge in [-0.1, -0.05) is 0 Å². The Morgan fingerprint density at radius 1 is 1.45 bits per heavy atom. The third-order valence-electron chi connectivity index (χ3n) is 0.928. The number of carbonyl (C=O) groups excluding carboxylic acids is 1. The molecule has 0 rings (SSSR count). The van der Waals surface area contributed by atoms with E-state index in [0.29, 0.717) is 0 Å². The predicted molar refractivity (Wildman–Crippen MR) is 35.6 cm³/mol. The zero-order valence-electron chi connectivity index (χ0n) is 6.57. The summed E-state index contributed by atoms with van der Waals surface area (Å²) in [5.41, 5.74) is 0. The second-order valence-electron chi connectivity index (χ2n) is 1.72. The van der Waals surface area contributed by atoms with E-state index in [0.717, 1.165) is 0 Å². The van der Waals surface area contributed by atoms with Crippen molar-refractivity contribution in [1.82, 2.24) is 0 Å². The van der Waals surface area contributed by atoms with Crippen molar-refractivity contribution < 1.29 is 24.1 Å². The zero-order chi connectivity index (χ0) is 8.69. The molecule has 0 aliphatic rings. The second kappa shape index (κ2) is 6.09. The molecule has 11 heavy (non-hydrogen) atoms. The van der Waals surface area contributed by atoms with Gasteiger partial charge in [-0.3, -0.25) is 4.79 Å². The van der Waals surface area contributed by atoms with Gasteiger partial charge in [-0.25, -0.2) is 0 Å². The highest BCUT2D eigenvalue weighted by molar-refractivity contribution is 5.69. The van der Waals surface area contributed by atoms with Gasteiger partial charge in [0, 0.05) is 14.2 Å². The average molecular weight is 164 g/mol. The first-order valence-corrected chi connectivity index (χ1v) is 3.10. The molecule has 0 radical (unpaired) electrons. The summed E-state index contributed by atoms with van der Waals surface area (Å²) in [5, 5.41) is 8.31. The fourth-order valence-electron chi connectivity index (χ4n) is 0.450. The Balaban J connectivity index is 3.54. The van der Waals surface area contributed by atoms with Crippen LogP contribution in [0.1, 0.15) is 6.42 Å². The van der Waals surface area contributed by atoms with Gasteiger partial charge in [0.2, 0.25) is 0 Å². The fraction of sp³-hybridized carbons (Fsp3) is 0.833. The van der Waals surface area contributed by atoms with Crippen molar-refractivity contribution in [3.05, 3.63) is 0 Å². The van der Waals surface area contributed by atoms with E-state index < -0.39 is 12.4 Å². The predicted octanol–water partition coefficient (Wildman–Crippen LogP) is -0.512. The molecule has 66 valence electrons. The van der Waals surface area contributed by atoms with E-state index in [2.05, 4.69) is 14.2 Å². The van der Waals surface area contributed by atoms with E-state index in [1.807, 2.05) is 0 Å². The van der Waals surface area contributed by atoms with E-state index in [-0.39, 0.29) is 13.0 Å². The third-order valence-corrected chi connectivity index (χ3v) is 0.928. The maximum Gasteiger partial charge on any atom is 0.317 e. The Kier molecular flexibility index (Phi) is 5.73. The summed E-state index contributed by atoms with van der Waals surface area (Å²) >= 11 is 0. The van der Waals surface area contributed by atoms with Crippen molar-refractivity contribution in [3.8, 4) is 0 Å². The van der Waals surface area contributed by atoms with Crippen molar-refractivity contribution in [1.29, 1.82) is 0 Å². The topological polar surface area (TPSA) is 65.0 Å². The van der Waals surface area contributed by atoms with Crippen LogP contribution in [0.15, 0.2) is 0 Å². The first kappa shape index (κ1) is 10.3. The summed E-state index contributed by atoms with van der Waals surface area (Å²) in [7, 11) is 2.70. The summed E-state index contributed by atoms with van der Waals surface area (Å²) < 4.78 is 13.7. The molecule has 0 fully saturated rings. The Morgan fingerprint density at radius 3 is 2.36 bits per heavy atom. The number of hydrogen-bond acceptors (Lipinski definition) is 5. The fourth-order valence-corrected chi connectivity index (χ4v) is 0.450. The minimum Gasteiger partial charge on any atom is -0.410 e. The first-order valence-electron chi connectivity index (χ1n) is 3.10. The van der Waals surface area contributed by atoms with Crippen molar-refractivity contribution in [2.24, 2.45) is 0 Å². The molecule has 0 bridgehead atoms. The van der Waals surface area contributed by atoms with E-state index in [9.17, 15) is 4.79 Å². The number of carbonyl (C=O) groups is 1. The van der Waals surface area contributed by atoms with Crippen LogP contribution in [0.2, 0.25) is 0 Å². The van der Waals surface area contributed by atoms with Gasteiger partial charge < -0.3 is 19.3 Å². The SMILES string of the molecule is COC(OC)OC(=O)CCO. The number of aliphatic hydroxyl groups is 1. The molecule has 0 heterocycles. The molecule has 0 aliphatic heterocycles. The third kappa shape index (κ3) is 4.72. The van der Waals surface area contributed by atoms with E-state index in [1.54, 1.807) is 0 Å². The summed E-state index contributed by atoms with van der Waals surface area (Å²) in [6, 6.07) is 0. The lowest BCUT2D eigenvalue weighted by Crippen LogP contribution is -2.22. The van der Waals surface area contributed by atoms with Gasteiger partial charge >= 0.3 is 12.4 Å². The Bertz CT molecular complexity index is 110. The average Bonchev–Trinajstić information content (AvgIpc) is 2.01. The van der Waals surface area contributed by atoms with E-state index >= 15 is 0 Å². The van der Waals surface area contributed by atoms with Crippen LogP contribution in [0.25, 0.3) is 0 Å². The normalized spacial score (nSPS) is 10.2. The maximum absolute atomic E-state index is 10.6. The molecule has 0 spiro atoms. The molecule has 5 nitrogen and oxygen atoms in total. The molecule has 0 atom stereocenters. The molecule has 0 aromatic heterocycles. The molecule has 5 heteroatoms. The Labute approximate surface area is 64.9 Å². The molecule has 0 aliphatic carbocycles. The van der Waals surface area contributed by atoms with Gasteiger partial charge in [0.25, 0.3) is 0 Å². The molecule has 0 saturated carbocycles. The van der Waals surface area contributed by atoms with Gasteiger partial charge in [-0.05, 0) is 0 Å². The number of esters is 1. The number of ether oxygens (including phenoxy) is 3. The molecule has 0 saturated heterocycles. The van der Waals surface area contributed by atoms with Gasteiger partial charge in [0.05, 0.1) is 13.0 Å². The maximum atomic E-state index is 10.6. The summed E-state index contributed by atoms with van der Waals surface area (Å²) in [5.74, 6) is -0.554. The molecule has 0 unspecified atom stereocenters. The van der Waals surface area contributed by atoms with Crippen LogP contribution in [-0.2, 0) is 19.0 Å². The van der Waals surface area contributed by atoms with Crippen molar-refractivity contribution in [2.75, 3.05) is 20.8 Å². The van der Waals surface area contributed by atoms with Crippen LogP contribution in [0.4, 0.5) is 0 Å². The lowest BCUT2D eigenvalue weighted by molar-refractivity contribution is -0.255. The van der Waals surface area contributed by atoms with Crippen LogP contribution in [0.3, 0.4) is 0 Å². The van der Waals surface area contributed by atoms with Gasteiger partial charge in [0.15, 0.2) is 0 Å². The summed E-state index contributed by atoms with van der Waals surface area (Å²) in [4.78, 5) is 10.6. The van der Waals surface area contributed by atoms with Gasteiger partial charge in [0.1, 0.15) is 0 Å². The van der Waals surface area contributed by atoms with Crippen LogP contribution < -0.4 is 0 Å². The lowest BCUT2D eigenvalue weighted by atomic mass is 10.5. The van der Waals surface area contributed by atoms with Crippen LogP contribution in [0.5, 0.6) is 0 Å². The lowest BCUT2D eigenvalue weighted by Gasteiger charge is -2.12. The van der Waals surface area contributed by atoms with Crippen LogP contribution in [0, 0.1) is 0 Å². The highest BCUT2D eigenvalue weighted by Gasteiger charge is 2.10. The highest BCUT2D eigenvalue weighted by Crippen LogP contribution is 1.95. The van der Waals surface area contributed by atoms with Crippen molar-refractivity contribution in [2.45, 2.75) is 12.9 Å². The summed E-state index contributed by atoms with van der Waals surface area (Å²) in [6.45, 7) is -1.21.